The number of carbonyl (C=O) groups is 3. The van der Waals surface area contributed by atoms with Gasteiger partial charge < -0.3 is 19.8 Å². The summed E-state index contributed by atoms with van der Waals surface area (Å²) in [5, 5.41) is 5.64. The van der Waals surface area contributed by atoms with E-state index in [1.165, 1.54) is 0 Å². The SMILES string of the molecule is O=C1C[C@H](C(=O)Nc2ccc(Oc3ccccc3)cc2)C2=C(C[C@@H](c3ccco3)CC2=O)N1. The van der Waals surface area contributed by atoms with Gasteiger partial charge >= 0.3 is 0 Å². The van der Waals surface area contributed by atoms with Crippen LogP contribution in [0.3, 0.4) is 0 Å². The van der Waals surface area contributed by atoms with Crippen molar-refractivity contribution in [3.05, 3.63) is 90.0 Å². The quantitative estimate of drug-likeness (QED) is 0.604. The van der Waals surface area contributed by atoms with Gasteiger partial charge in [0.1, 0.15) is 17.3 Å². The van der Waals surface area contributed by atoms with Crippen LogP contribution < -0.4 is 15.4 Å². The summed E-state index contributed by atoms with van der Waals surface area (Å²) < 4.78 is 11.2. The van der Waals surface area contributed by atoms with E-state index in [1.807, 2.05) is 36.4 Å². The molecule has 0 saturated heterocycles. The fraction of sp³-hybridized carbons (Fsp3) is 0.192. The van der Waals surface area contributed by atoms with Crippen molar-refractivity contribution in [1.29, 1.82) is 0 Å². The highest BCUT2D eigenvalue weighted by Gasteiger charge is 2.41. The van der Waals surface area contributed by atoms with Crippen LogP contribution in [-0.4, -0.2) is 17.6 Å². The number of furan rings is 1. The van der Waals surface area contributed by atoms with Gasteiger partial charge in [0.2, 0.25) is 11.8 Å². The van der Waals surface area contributed by atoms with Crippen LogP contribution in [0.2, 0.25) is 0 Å². The van der Waals surface area contributed by atoms with Crippen LogP contribution in [0.15, 0.2) is 88.7 Å². The van der Waals surface area contributed by atoms with E-state index in [-0.39, 0.29) is 36.4 Å². The number of hydrogen-bond donors (Lipinski definition) is 2. The van der Waals surface area contributed by atoms with E-state index in [0.717, 1.165) is 0 Å². The average molecular weight is 442 g/mol. The van der Waals surface area contributed by atoms with Crippen LogP contribution in [0.4, 0.5) is 5.69 Å². The molecule has 0 spiro atoms. The molecule has 7 heteroatoms. The van der Waals surface area contributed by atoms with Crippen molar-refractivity contribution in [1.82, 2.24) is 5.32 Å². The Balaban J connectivity index is 1.31. The summed E-state index contributed by atoms with van der Waals surface area (Å²) in [7, 11) is 0. The molecular weight excluding hydrogens is 420 g/mol. The van der Waals surface area contributed by atoms with Gasteiger partial charge in [-0.3, -0.25) is 14.4 Å². The Morgan fingerprint density at radius 2 is 1.67 bits per heavy atom. The molecule has 2 aliphatic rings. The van der Waals surface area contributed by atoms with E-state index in [4.69, 9.17) is 9.15 Å². The number of hydrogen-bond acceptors (Lipinski definition) is 5. The molecule has 2 heterocycles. The van der Waals surface area contributed by atoms with Gasteiger partial charge in [-0.25, -0.2) is 0 Å². The molecule has 0 radical (unpaired) electrons. The molecule has 166 valence electrons. The van der Waals surface area contributed by atoms with Crippen LogP contribution in [-0.2, 0) is 14.4 Å². The second-order valence-corrected chi connectivity index (χ2v) is 8.17. The summed E-state index contributed by atoms with van der Waals surface area (Å²) >= 11 is 0. The van der Waals surface area contributed by atoms with Crippen LogP contribution in [0, 0.1) is 5.92 Å². The van der Waals surface area contributed by atoms with E-state index in [1.54, 1.807) is 36.6 Å². The maximum Gasteiger partial charge on any atom is 0.232 e. The van der Waals surface area contributed by atoms with Crippen molar-refractivity contribution < 1.29 is 23.5 Å². The predicted molar refractivity (Wildman–Crippen MR) is 121 cm³/mol. The molecule has 33 heavy (non-hydrogen) atoms. The van der Waals surface area contributed by atoms with Gasteiger partial charge in [0.05, 0.1) is 12.2 Å². The highest BCUT2D eigenvalue weighted by molar-refractivity contribution is 6.09. The largest absolute Gasteiger partial charge is 0.469 e. The number of allylic oxidation sites excluding steroid dienone is 1. The lowest BCUT2D eigenvalue weighted by Gasteiger charge is -2.32. The highest BCUT2D eigenvalue weighted by Crippen LogP contribution is 2.39. The monoisotopic (exact) mass is 442 g/mol. The van der Waals surface area contributed by atoms with Gasteiger partial charge in [-0.1, -0.05) is 18.2 Å². The van der Waals surface area contributed by atoms with Gasteiger partial charge in [0.15, 0.2) is 5.78 Å². The van der Waals surface area contributed by atoms with Crippen molar-refractivity contribution in [2.24, 2.45) is 5.92 Å². The maximum atomic E-state index is 13.1. The number of ketones is 1. The first-order chi connectivity index (χ1) is 16.1. The highest BCUT2D eigenvalue weighted by atomic mass is 16.5. The number of nitrogens with one attached hydrogen (secondary N) is 2. The van der Waals surface area contributed by atoms with E-state index in [9.17, 15) is 14.4 Å². The molecule has 2 atom stereocenters. The fourth-order valence-corrected chi connectivity index (χ4v) is 4.37. The summed E-state index contributed by atoms with van der Waals surface area (Å²) in [5.74, 6) is 0.299. The van der Waals surface area contributed by atoms with E-state index in [2.05, 4.69) is 10.6 Å². The minimum Gasteiger partial charge on any atom is -0.469 e. The zero-order valence-electron chi connectivity index (χ0n) is 17.7. The van der Waals surface area contributed by atoms with Gasteiger partial charge in [-0.05, 0) is 55.0 Å². The summed E-state index contributed by atoms with van der Waals surface area (Å²) in [6.45, 7) is 0. The fourth-order valence-electron chi connectivity index (χ4n) is 4.37. The molecular formula is C26H22N2O5. The Morgan fingerprint density at radius 3 is 2.39 bits per heavy atom. The molecule has 2 aromatic carbocycles. The molecule has 1 aromatic heterocycles. The minimum atomic E-state index is -0.820. The smallest absolute Gasteiger partial charge is 0.232 e. The molecule has 1 aliphatic carbocycles. The number of carbonyl (C=O) groups excluding carboxylic acids is 3. The molecule has 1 aliphatic heterocycles. The third kappa shape index (κ3) is 4.43. The molecule has 3 aromatic rings. The molecule has 5 rings (SSSR count). The topological polar surface area (TPSA) is 97.6 Å². The number of benzene rings is 2. The lowest BCUT2D eigenvalue weighted by atomic mass is 9.76. The summed E-state index contributed by atoms with van der Waals surface area (Å²) in [5.41, 5.74) is 1.49. The first-order valence-electron chi connectivity index (χ1n) is 10.8. The Kier molecular flexibility index (Phi) is 5.52. The summed E-state index contributed by atoms with van der Waals surface area (Å²) in [6.07, 6.45) is 2.21. The molecule has 0 unspecified atom stereocenters. The van der Waals surface area contributed by atoms with Crippen LogP contribution in [0.5, 0.6) is 11.5 Å². The van der Waals surface area contributed by atoms with Crippen molar-refractivity contribution in [3.8, 4) is 11.5 Å². The number of anilines is 1. The predicted octanol–water partition coefficient (Wildman–Crippen LogP) is 4.55. The van der Waals surface area contributed by atoms with E-state index < -0.39 is 5.92 Å². The zero-order chi connectivity index (χ0) is 22.8. The number of Topliss-reactive ketones (excluding diaryl/α,β-unsaturated/α-hetero) is 1. The molecule has 2 N–H and O–H groups in total. The van der Waals surface area contributed by atoms with Gasteiger partial charge in [-0.2, -0.15) is 0 Å². The molecule has 0 saturated carbocycles. The van der Waals surface area contributed by atoms with Crippen molar-refractivity contribution in [3.63, 3.8) is 0 Å². The van der Waals surface area contributed by atoms with E-state index >= 15 is 0 Å². The molecule has 7 nitrogen and oxygen atoms in total. The van der Waals surface area contributed by atoms with Gasteiger partial charge in [0, 0.05) is 35.7 Å². The number of amides is 2. The van der Waals surface area contributed by atoms with Crippen LogP contribution in [0.1, 0.15) is 30.9 Å². The standard InChI is InChI=1S/C26H22N2O5/c29-22-14-16(23-7-4-12-32-23)13-21-25(22)20(15-24(30)28-21)26(31)27-17-8-10-19(11-9-17)33-18-5-2-1-3-6-18/h1-12,16,20H,13-15H2,(H,27,31)(H,28,30)/t16-,20+/m1/s1. The number of rotatable bonds is 5. The third-order valence-electron chi connectivity index (χ3n) is 5.90. The maximum absolute atomic E-state index is 13.1. The zero-order valence-corrected chi connectivity index (χ0v) is 17.7. The van der Waals surface area contributed by atoms with Crippen LogP contribution >= 0.6 is 0 Å². The van der Waals surface area contributed by atoms with Crippen molar-refractivity contribution >= 4 is 23.3 Å². The van der Waals surface area contributed by atoms with Crippen molar-refractivity contribution in [2.75, 3.05) is 5.32 Å². The number of para-hydroxylation sites is 1. The second-order valence-electron chi connectivity index (χ2n) is 8.17. The lowest BCUT2D eigenvalue weighted by molar-refractivity contribution is -0.129. The van der Waals surface area contributed by atoms with Crippen LogP contribution in [0.25, 0.3) is 0 Å². The van der Waals surface area contributed by atoms with E-state index in [0.29, 0.717) is 40.6 Å². The Bertz CT molecular complexity index is 1210. The summed E-state index contributed by atoms with van der Waals surface area (Å²) in [4.78, 5) is 38.4. The average Bonchev–Trinajstić information content (AvgIpc) is 3.35. The Labute approximate surface area is 190 Å². The molecule has 0 bridgehead atoms. The molecule has 0 fully saturated rings. The normalized spacial score (nSPS) is 20.1. The first kappa shape index (κ1) is 20.8. The third-order valence-corrected chi connectivity index (χ3v) is 5.90. The lowest BCUT2D eigenvalue weighted by Crippen LogP contribution is -2.43. The second kappa shape index (κ2) is 8.78. The Hall–Kier alpha value is -4.13. The first-order valence-corrected chi connectivity index (χ1v) is 10.8. The summed E-state index contributed by atoms with van der Waals surface area (Å²) in [6, 6.07) is 19.9. The van der Waals surface area contributed by atoms with Crippen molar-refractivity contribution in [2.45, 2.75) is 25.2 Å². The number of ether oxygens (including phenoxy) is 1. The van der Waals surface area contributed by atoms with Gasteiger partial charge in [0.25, 0.3) is 0 Å². The minimum absolute atomic E-state index is 0.0585. The molecule has 2 amide bonds. The Morgan fingerprint density at radius 1 is 0.909 bits per heavy atom. The van der Waals surface area contributed by atoms with Gasteiger partial charge in [-0.15, -0.1) is 0 Å².